The van der Waals surface area contributed by atoms with E-state index >= 15 is 0 Å². The molecule has 5 nitrogen and oxygen atoms in total. The van der Waals surface area contributed by atoms with Crippen LogP contribution in [-0.2, 0) is 17.6 Å². The van der Waals surface area contributed by atoms with Gasteiger partial charge in [-0.05, 0) is 61.6 Å². The average molecular weight is 440 g/mol. The van der Waals surface area contributed by atoms with Gasteiger partial charge in [-0.25, -0.2) is 4.98 Å². The summed E-state index contributed by atoms with van der Waals surface area (Å²) in [6, 6.07) is 14.6. The van der Waals surface area contributed by atoms with E-state index in [1.54, 1.807) is 24.3 Å². The number of aromatic nitrogens is 1. The van der Waals surface area contributed by atoms with Crippen LogP contribution in [0.25, 0.3) is 0 Å². The van der Waals surface area contributed by atoms with Crippen LogP contribution in [0, 0.1) is 0 Å². The van der Waals surface area contributed by atoms with Crippen molar-refractivity contribution in [2.75, 3.05) is 10.6 Å². The Labute approximate surface area is 184 Å². The maximum absolute atomic E-state index is 13.0. The van der Waals surface area contributed by atoms with Crippen molar-refractivity contribution in [1.82, 2.24) is 4.98 Å². The second-order valence-electron chi connectivity index (χ2n) is 7.23. The van der Waals surface area contributed by atoms with Crippen molar-refractivity contribution in [3.8, 4) is 0 Å². The zero-order valence-electron chi connectivity index (χ0n) is 16.6. The summed E-state index contributed by atoms with van der Waals surface area (Å²) in [6.07, 6.45) is 3.40. The highest BCUT2D eigenvalue weighted by Gasteiger charge is 2.31. The normalized spacial score (nSPS) is 15.3. The lowest BCUT2D eigenvalue weighted by molar-refractivity contribution is -0.117. The number of aryl methyl sites for hydroxylation is 2. The summed E-state index contributed by atoms with van der Waals surface area (Å²) < 4.78 is 0. The van der Waals surface area contributed by atoms with Gasteiger partial charge >= 0.3 is 0 Å². The molecule has 1 aliphatic carbocycles. The molecule has 0 bridgehead atoms. The Morgan fingerprint density at radius 1 is 1.13 bits per heavy atom. The fourth-order valence-corrected chi connectivity index (χ4v) is 4.85. The number of hydrogen-bond acceptors (Lipinski definition) is 4. The highest BCUT2D eigenvalue weighted by Crippen LogP contribution is 2.37. The van der Waals surface area contributed by atoms with E-state index in [-0.39, 0.29) is 17.7 Å². The quantitative estimate of drug-likeness (QED) is 0.538. The number of anilines is 2. The second-order valence-corrected chi connectivity index (χ2v) is 8.75. The van der Waals surface area contributed by atoms with Crippen LogP contribution in [0.4, 0.5) is 10.8 Å². The molecule has 3 aromatic rings. The van der Waals surface area contributed by atoms with Gasteiger partial charge in [-0.15, -0.1) is 11.3 Å². The first-order chi connectivity index (χ1) is 14.5. The van der Waals surface area contributed by atoms with Gasteiger partial charge in [0.2, 0.25) is 5.91 Å². The molecule has 0 saturated carbocycles. The van der Waals surface area contributed by atoms with E-state index < -0.39 is 0 Å². The van der Waals surface area contributed by atoms with E-state index in [0.29, 0.717) is 15.7 Å². The summed E-state index contributed by atoms with van der Waals surface area (Å²) in [5.74, 6) is -0.593. The largest absolute Gasteiger partial charge is 0.325 e. The van der Waals surface area contributed by atoms with Crippen LogP contribution >= 0.6 is 22.9 Å². The van der Waals surface area contributed by atoms with Crippen molar-refractivity contribution in [1.29, 1.82) is 0 Å². The maximum Gasteiger partial charge on any atom is 0.257 e. The molecule has 0 saturated heterocycles. The molecular formula is C23H22ClN3O2S. The van der Waals surface area contributed by atoms with Crippen LogP contribution in [0.1, 0.15) is 52.2 Å². The number of halogens is 1. The summed E-state index contributed by atoms with van der Waals surface area (Å²) in [4.78, 5) is 31.2. The van der Waals surface area contributed by atoms with Crippen LogP contribution in [0.5, 0.6) is 0 Å². The van der Waals surface area contributed by atoms with Crippen molar-refractivity contribution in [3.05, 3.63) is 75.3 Å². The zero-order valence-corrected chi connectivity index (χ0v) is 18.1. The lowest BCUT2D eigenvalue weighted by Gasteiger charge is -2.21. The third kappa shape index (κ3) is 4.40. The van der Waals surface area contributed by atoms with Crippen LogP contribution < -0.4 is 10.6 Å². The Morgan fingerprint density at radius 3 is 2.67 bits per heavy atom. The number of nitrogens with one attached hydrogen (secondary N) is 2. The highest BCUT2D eigenvalue weighted by molar-refractivity contribution is 7.16. The minimum atomic E-state index is -0.309. The average Bonchev–Trinajstić information content (AvgIpc) is 3.16. The van der Waals surface area contributed by atoms with E-state index in [2.05, 4.69) is 22.5 Å². The van der Waals surface area contributed by atoms with Gasteiger partial charge in [-0.3, -0.25) is 14.9 Å². The fourth-order valence-electron chi connectivity index (χ4n) is 3.67. The van der Waals surface area contributed by atoms with Crippen molar-refractivity contribution >= 4 is 45.6 Å². The zero-order chi connectivity index (χ0) is 21.1. The number of hydrogen-bond donors (Lipinski definition) is 2. The molecule has 1 atom stereocenters. The Hall–Kier alpha value is -2.70. The second kappa shape index (κ2) is 8.98. The van der Waals surface area contributed by atoms with Gasteiger partial charge in [-0.2, -0.15) is 0 Å². The van der Waals surface area contributed by atoms with Gasteiger partial charge in [0.25, 0.3) is 5.91 Å². The van der Waals surface area contributed by atoms with Crippen molar-refractivity contribution in [3.63, 3.8) is 0 Å². The molecule has 0 fully saturated rings. The minimum Gasteiger partial charge on any atom is -0.325 e. The third-order valence-corrected chi connectivity index (χ3v) is 6.55. The molecule has 2 amide bonds. The molecule has 30 heavy (non-hydrogen) atoms. The molecule has 0 spiro atoms. The first-order valence-electron chi connectivity index (χ1n) is 10.0. The first kappa shape index (κ1) is 20.6. The molecule has 7 heteroatoms. The highest BCUT2D eigenvalue weighted by atomic mass is 35.5. The number of carbonyl (C=O) groups excluding carboxylic acids is 2. The molecule has 1 unspecified atom stereocenters. The molecule has 1 aliphatic rings. The summed E-state index contributed by atoms with van der Waals surface area (Å²) in [7, 11) is 0. The van der Waals surface area contributed by atoms with E-state index in [0.717, 1.165) is 47.5 Å². The molecule has 154 valence electrons. The molecule has 2 N–H and O–H groups in total. The van der Waals surface area contributed by atoms with Crippen LogP contribution in [0.3, 0.4) is 0 Å². The van der Waals surface area contributed by atoms with E-state index in [1.165, 1.54) is 11.3 Å². The van der Waals surface area contributed by atoms with Crippen molar-refractivity contribution in [2.45, 2.75) is 38.5 Å². The van der Waals surface area contributed by atoms with Gasteiger partial charge in [0, 0.05) is 21.2 Å². The maximum atomic E-state index is 13.0. The summed E-state index contributed by atoms with van der Waals surface area (Å²) in [5.41, 5.74) is 3.25. The van der Waals surface area contributed by atoms with Gasteiger partial charge in [0.15, 0.2) is 5.13 Å². The molecular weight excluding hydrogens is 418 g/mol. The van der Waals surface area contributed by atoms with Crippen LogP contribution in [-0.4, -0.2) is 16.8 Å². The predicted molar refractivity (Wildman–Crippen MR) is 122 cm³/mol. The van der Waals surface area contributed by atoms with Crippen LogP contribution in [0.2, 0.25) is 5.02 Å². The van der Waals surface area contributed by atoms with Gasteiger partial charge in [-0.1, -0.05) is 36.7 Å². The number of nitrogens with zero attached hydrogens (tertiary/aromatic N) is 1. The Balaban J connectivity index is 1.51. The van der Waals surface area contributed by atoms with Crippen LogP contribution in [0.15, 0.2) is 48.5 Å². The standard InChI is InChI=1S/C23H22ClN3O2S/c1-2-14-6-3-4-8-18(14)25-22(29)17-7-5-9-19-20(17)26-23(30-19)27-21(28)15-10-12-16(24)13-11-15/h3-4,6,8,10-13,17H,2,5,7,9H2,1H3,(H,25,29)(H,26,27,28). The molecule has 0 aliphatic heterocycles. The molecule has 2 aromatic carbocycles. The van der Waals surface area contributed by atoms with E-state index in [1.807, 2.05) is 24.3 Å². The fraction of sp³-hybridized carbons (Fsp3) is 0.261. The number of carbonyl (C=O) groups is 2. The van der Waals surface area contributed by atoms with Gasteiger partial charge in [0.05, 0.1) is 11.6 Å². The summed E-state index contributed by atoms with van der Waals surface area (Å²) >= 11 is 7.34. The molecule has 1 heterocycles. The van der Waals surface area contributed by atoms with Gasteiger partial charge < -0.3 is 5.32 Å². The number of thiazole rings is 1. The Morgan fingerprint density at radius 2 is 1.90 bits per heavy atom. The lowest BCUT2D eigenvalue weighted by Crippen LogP contribution is -2.25. The van der Waals surface area contributed by atoms with Crippen molar-refractivity contribution < 1.29 is 9.59 Å². The first-order valence-corrected chi connectivity index (χ1v) is 11.2. The number of rotatable bonds is 5. The lowest BCUT2D eigenvalue weighted by atomic mass is 9.90. The van der Waals surface area contributed by atoms with E-state index in [9.17, 15) is 9.59 Å². The molecule has 4 rings (SSSR count). The summed E-state index contributed by atoms with van der Waals surface area (Å²) in [5, 5.41) is 7.04. The smallest absolute Gasteiger partial charge is 0.257 e. The molecule has 0 radical (unpaired) electrons. The SMILES string of the molecule is CCc1ccccc1NC(=O)C1CCCc2sc(NC(=O)c3ccc(Cl)cc3)nc21. The number of para-hydroxylation sites is 1. The number of benzene rings is 2. The Kier molecular flexibility index (Phi) is 6.16. The Bertz CT molecular complexity index is 1080. The topological polar surface area (TPSA) is 71.1 Å². The molecule has 1 aromatic heterocycles. The van der Waals surface area contributed by atoms with Gasteiger partial charge in [0.1, 0.15) is 0 Å². The minimum absolute atomic E-state index is 0.0438. The predicted octanol–water partition coefficient (Wildman–Crippen LogP) is 5.67. The van der Waals surface area contributed by atoms with E-state index in [4.69, 9.17) is 11.6 Å². The number of fused-ring (bicyclic) bond motifs is 1. The monoisotopic (exact) mass is 439 g/mol. The number of amides is 2. The van der Waals surface area contributed by atoms with Crippen molar-refractivity contribution in [2.24, 2.45) is 0 Å². The summed E-state index contributed by atoms with van der Waals surface area (Å²) in [6.45, 7) is 2.07. The third-order valence-electron chi connectivity index (χ3n) is 5.25.